The molecule has 78 valence electrons. The number of hydrogen-bond donors (Lipinski definition) is 3. The van der Waals surface area contributed by atoms with Crippen molar-refractivity contribution in [3.8, 4) is 0 Å². The highest BCUT2D eigenvalue weighted by Gasteiger charge is 2.15. The van der Waals surface area contributed by atoms with Gasteiger partial charge in [0.2, 0.25) is 0 Å². The van der Waals surface area contributed by atoms with Crippen molar-refractivity contribution in [3.63, 3.8) is 0 Å². The highest BCUT2D eigenvalue weighted by Crippen LogP contribution is 2.15. The van der Waals surface area contributed by atoms with Crippen LogP contribution in [0.25, 0.3) is 0 Å². The number of aliphatic carboxylic acids is 2. The number of carboxylic acids is 2. The van der Waals surface area contributed by atoms with Crippen molar-refractivity contribution in [1.29, 1.82) is 0 Å². The molecule has 0 heterocycles. The predicted octanol–water partition coefficient (Wildman–Crippen LogP) is 0.267. The summed E-state index contributed by atoms with van der Waals surface area (Å²) in [5.74, 6) is -3.00. The first-order valence-corrected chi connectivity index (χ1v) is 3.93. The van der Waals surface area contributed by atoms with Crippen LogP contribution in [0.2, 0.25) is 0 Å². The maximum Gasteiger partial charge on any atom is 0.331 e. The first kappa shape index (κ1) is 12.4. The maximum atomic E-state index is 10.5. The average Bonchev–Trinajstić information content (AvgIpc) is 2.10. The summed E-state index contributed by atoms with van der Waals surface area (Å²) in [7, 11) is 0. The molecule has 0 spiro atoms. The lowest BCUT2D eigenvalue weighted by Gasteiger charge is -2.09. The molecule has 0 aliphatic carbocycles. The smallest absolute Gasteiger partial charge is 0.331 e. The van der Waals surface area contributed by atoms with E-state index in [1.165, 1.54) is 6.08 Å². The van der Waals surface area contributed by atoms with Crippen molar-refractivity contribution in [2.24, 2.45) is 5.92 Å². The Labute approximate surface area is 81.0 Å². The van der Waals surface area contributed by atoms with Gasteiger partial charge in [0.25, 0.3) is 0 Å². The zero-order chi connectivity index (χ0) is 11.1. The molecule has 0 rings (SSSR count). The Morgan fingerprint density at radius 2 is 1.93 bits per heavy atom. The molecule has 5 heteroatoms. The average molecular weight is 200 g/mol. The third kappa shape index (κ3) is 4.42. The van der Waals surface area contributed by atoms with Crippen molar-refractivity contribution < 1.29 is 24.9 Å². The summed E-state index contributed by atoms with van der Waals surface area (Å²) in [5.41, 5.74) is -0.128. The molecule has 0 bridgehead atoms. The number of hydrogen-bond acceptors (Lipinski definition) is 3. The fourth-order valence-corrected chi connectivity index (χ4v) is 0.883. The second-order valence-electron chi connectivity index (χ2n) is 2.65. The van der Waals surface area contributed by atoms with Gasteiger partial charge in [-0.2, -0.15) is 0 Å². The summed E-state index contributed by atoms with van der Waals surface area (Å²) >= 11 is 0. The standard InChI is InChI=1S/C9H12O5/c1-6(9(13)14)7(4-5-10)2-3-8(11)12/h2-3,7,10H,1,4-5H2,(H,11,12)(H,13,14). The van der Waals surface area contributed by atoms with Gasteiger partial charge in [0.1, 0.15) is 0 Å². The van der Waals surface area contributed by atoms with Crippen LogP contribution in [0.15, 0.2) is 24.3 Å². The summed E-state index contributed by atoms with van der Waals surface area (Å²) < 4.78 is 0. The molecule has 0 aliphatic heterocycles. The van der Waals surface area contributed by atoms with Crippen LogP contribution >= 0.6 is 0 Å². The fraction of sp³-hybridized carbons (Fsp3) is 0.333. The highest BCUT2D eigenvalue weighted by atomic mass is 16.4. The molecule has 14 heavy (non-hydrogen) atoms. The van der Waals surface area contributed by atoms with E-state index >= 15 is 0 Å². The monoisotopic (exact) mass is 200 g/mol. The topological polar surface area (TPSA) is 94.8 Å². The number of aliphatic hydroxyl groups is 1. The van der Waals surface area contributed by atoms with E-state index in [0.717, 1.165) is 6.08 Å². The quantitative estimate of drug-likeness (QED) is 0.535. The van der Waals surface area contributed by atoms with E-state index in [9.17, 15) is 9.59 Å². The van der Waals surface area contributed by atoms with Crippen LogP contribution in [0.3, 0.4) is 0 Å². The van der Waals surface area contributed by atoms with Gasteiger partial charge >= 0.3 is 11.9 Å². The van der Waals surface area contributed by atoms with Crippen molar-refractivity contribution in [2.75, 3.05) is 6.61 Å². The van der Waals surface area contributed by atoms with E-state index in [1.807, 2.05) is 0 Å². The second-order valence-corrected chi connectivity index (χ2v) is 2.65. The molecule has 0 aromatic carbocycles. The van der Waals surface area contributed by atoms with E-state index in [4.69, 9.17) is 15.3 Å². The van der Waals surface area contributed by atoms with E-state index in [1.54, 1.807) is 0 Å². The Morgan fingerprint density at radius 3 is 2.29 bits per heavy atom. The summed E-state index contributed by atoms with van der Waals surface area (Å²) in [5, 5.41) is 25.5. The van der Waals surface area contributed by atoms with Gasteiger partial charge in [0.05, 0.1) is 0 Å². The van der Waals surface area contributed by atoms with Crippen LogP contribution in [0.4, 0.5) is 0 Å². The van der Waals surface area contributed by atoms with E-state index in [2.05, 4.69) is 6.58 Å². The zero-order valence-electron chi connectivity index (χ0n) is 7.51. The third-order valence-corrected chi connectivity index (χ3v) is 1.63. The van der Waals surface area contributed by atoms with Crippen LogP contribution in [0.5, 0.6) is 0 Å². The minimum Gasteiger partial charge on any atom is -0.478 e. The summed E-state index contributed by atoms with van der Waals surface area (Å²) in [4.78, 5) is 20.7. The number of aliphatic hydroxyl groups excluding tert-OH is 1. The summed E-state index contributed by atoms with van der Waals surface area (Å²) in [6, 6.07) is 0. The third-order valence-electron chi connectivity index (χ3n) is 1.63. The van der Waals surface area contributed by atoms with Crippen molar-refractivity contribution in [2.45, 2.75) is 6.42 Å². The summed E-state index contributed by atoms with van der Waals surface area (Å²) in [6.45, 7) is 3.07. The van der Waals surface area contributed by atoms with Crippen molar-refractivity contribution in [1.82, 2.24) is 0 Å². The van der Waals surface area contributed by atoms with E-state index in [0.29, 0.717) is 0 Å². The van der Waals surface area contributed by atoms with Gasteiger partial charge in [-0.05, 0) is 6.42 Å². The van der Waals surface area contributed by atoms with Crippen molar-refractivity contribution in [3.05, 3.63) is 24.3 Å². The lowest BCUT2D eigenvalue weighted by atomic mass is 9.97. The number of allylic oxidation sites excluding steroid dienone is 1. The van der Waals surface area contributed by atoms with Gasteiger partial charge in [-0.3, -0.25) is 0 Å². The Balaban J connectivity index is 4.51. The first-order chi connectivity index (χ1) is 6.49. The lowest BCUT2D eigenvalue weighted by molar-refractivity contribution is -0.133. The van der Waals surface area contributed by atoms with Crippen molar-refractivity contribution >= 4 is 11.9 Å². The number of carbonyl (C=O) groups is 2. The van der Waals surface area contributed by atoms with Gasteiger partial charge in [0, 0.05) is 24.2 Å². The summed E-state index contributed by atoms with van der Waals surface area (Å²) in [6.07, 6.45) is 2.19. The molecule has 0 saturated heterocycles. The minimum atomic E-state index is -1.20. The van der Waals surface area contributed by atoms with Crippen LogP contribution < -0.4 is 0 Å². The Bertz CT molecular complexity index is 266. The molecular formula is C9H12O5. The molecule has 1 unspecified atom stereocenters. The molecule has 3 N–H and O–H groups in total. The minimum absolute atomic E-state index is 0.128. The van der Waals surface area contributed by atoms with Crippen LogP contribution in [-0.2, 0) is 9.59 Å². The lowest BCUT2D eigenvalue weighted by Crippen LogP contribution is -2.11. The molecule has 0 amide bonds. The van der Waals surface area contributed by atoms with Gasteiger partial charge in [-0.1, -0.05) is 12.7 Å². The Kier molecular flexibility index (Phi) is 5.24. The molecule has 0 saturated carbocycles. The molecule has 0 aliphatic rings. The number of carboxylic acid groups (broad SMARTS) is 2. The SMILES string of the molecule is C=C(C(=O)O)C(C=CC(=O)O)CCO. The first-order valence-electron chi connectivity index (χ1n) is 3.93. The Morgan fingerprint density at radius 1 is 1.36 bits per heavy atom. The van der Waals surface area contributed by atoms with Gasteiger partial charge in [-0.15, -0.1) is 0 Å². The van der Waals surface area contributed by atoms with Crippen LogP contribution in [-0.4, -0.2) is 33.9 Å². The van der Waals surface area contributed by atoms with Gasteiger partial charge in [-0.25, -0.2) is 9.59 Å². The molecule has 0 aromatic rings. The van der Waals surface area contributed by atoms with Gasteiger partial charge in [0.15, 0.2) is 0 Å². The second kappa shape index (κ2) is 5.93. The molecule has 0 fully saturated rings. The van der Waals surface area contributed by atoms with E-state index in [-0.39, 0.29) is 18.6 Å². The van der Waals surface area contributed by atoms with E-state index < -0.39 is 17.9 Å². The fourth-order valence-electron chi connectivity index (χ4n) is 0.883. The number of rotatable bonds is 6. The van der Waals surface area contributed by atoms with Gasteiger partial charge < -0.3 is 15.3 Å². The molecule has 5 nitrogen and oxygen atoms in total. The Hall–Kier alpha value is -1.62. The zero-order valence-corrected chi connectivity index (χ0v) is 7.51. The molecule has 0 radical (unpaired) electrons. The normalized spacial score (nSPS) is 12.6. The van der Waals surface area contributed by atoms with Crippen LogP contribution in [0.1, 0.15) is 6.42 Å². The largest absolute Gasteiger partial charge is 0.478 e. The van der Waals surface area contributed by atoms with Crippen LogP contribution in [0, 0.1) is 5.92 Å². The molecule has 0 aromatic heterocycles. The molecule has 1 atom stereocenters. The highest BCUT2D eigenvalue weighted by molar-refractivity contribution is 5.87. The molecular weight excluding hydrogens is 188 g/mol. The predicted molar refractivity (Wildman–Crippen MR) is 48.7 cm³/mol. The maximum absolute atomic E-state index is 10.5.